The van der Waals surface area contributed by atoms with Crippen molar-refractivity contribution in [1.82, 2.24) is 10.2 Å². The van der Waals surface area contributed by atoms with Crippen LogP contribution in [0.2, 0.25) is 0 Å². The van der Waals surface area contributed by atoms with E-state index < -0.39 is 0 Å². The molecule has 2 rings (SSSR count). The van der Waals surface area contributed by atoms with Gasteiger partial charge in [0.15, 0.2) is 0 Å². The smallest absolute Gasteiger partial charge is 0.227 e. The first-order valence-corrected chi connectivity index (χ1v) is 9.51. The van der Waals surface area contributed by atoms with Gasteiger partial charge in [-0.15, -0.1) is 0 Å². The highest BCUT2D eigenvalue weighted by Crippen LogP contribution is 2.33. The van der Waals surface area contributed by atoms with Crippen LogP contribution in [0.15, 0.2) is 24.3 Å². The normalized spacial score (nSPS) is 17.2. The number of likely N-dealkylation sites (N-methyl/N-ethyl adjacent to an activating group) is 1. The lowest BCUT2D eigenvalue weighted by Crippen LogP contribution is -2.40. The van der Waals surface area contributed by atoms with Gasteiger partial charge < -0.3 is 15.0 Å². The fourth-order valence-electron chi connectivity index (χ4n) is 3.32. The van der Waals surface area contributed by atoms with E-state index in [4.69, 9.17) is 4.74 Å². The number of para-hydroxylation sites is 2. The summed E-state index contributed by atoms with van der Waals surface area (Å²) >= 11 is 0. The Balaban J connectivity index is 1.94. The third-order valence-corrected chi connectivity index (χ3v) is 4.79. The fraction of sp³-hybridized carbons (Fsp3) is 0.600. The molecule has 26 heavy (non-hydrogen) atoms. The maximum atomic E-state index is 12.5. The topological polar surface area (TPSA) is 61.9 Å². The summed E-state index contributed by atoms with van der Waals surface area (Å²) in [6.45, 7) is 11.6. The molecule has 1 aromatic carbocycles. The molecule has 0 bridgehead atoms. The molecule has 2 amide bonds. The molecule has 1 aliphatic heterocycles. The molecule has 1 atom stereocenters. The van der Waals surface area contributed by atoms with Crippen LogP contribution in [0.4, 0.5) is 5.69 Å². The van der Waals surface area contributed by atoms with E-state index in [1.165, 1.54) is 0 Å². The minimum atomic E-state index is -0.314. The Morgan fingerprint density at radius 1 is 1.35 bits per heavy atom. The second-order valence-electron chi connectivity index (χ2n) is 6.82. The average Bonchev–Trinajstić information content (AvgIpc) is 3.01. The van der Waals surface area contributed by atoms with Gasteiger partial charge in [0.05, 0.1) is 18.2 Å². The molecule has 0 aliphatic carbocycles. The van der Waals surface area contributed by atoms with Crippen molar-refractivity contribution in [2.24, 2.45) is 5.92 Å². The zero-order chi connectivity index (χ0) is 19.1. The summed E-state index contributed by atoms with van der Waals surface area (Å²) in [5.74, 6) is 0.287. The molecule has 0 radical (unpaired) electrons. The number of rotatable bonds is 9. The van der Waals surface area contributed by atoms with Crippen LogP contribution in [0.5, 0.6) is 5.75 Å². The minimum Gasteiger partial charge on any atom is -0.492 e. The average molecular weight is 361 g/mol. The Kier molecular flexibility index (Phi) is 7.45. The highest BCUT2D eigenvalue weighted by molar-refractivity contribution is 6.01. The number of ether oxygens (including phenoxy) is 1. The number of nitrogens with zero attached hydrogens (tertiary/aromatic N) is 2. The second kappa shape index (κ2) is 9.57. The van der Waals surface area contributed by atoms with Crippen molar-refractivity contribution >= 4 is 17.5 Å². The van der Waals surface area contributed by atoms with Gasteiger partial charge in [-0.05, 0) is 39.4 Å². The molecule has 1 saturated heterocycles. The van der Waals surface area contributed by atoms with E-state index in [0.29, 0.717) is 31.5 Å². The van der Waals surface area contributed by atoms with Crippen molar-refractivity contribution in [3.63, 3.8) is 0 Å². The van der Waals surface area contributed by atoms with Gasteiger partial charge in [0, 0.05) is 32.1 Å². The molecule has 1 N–H and O–H groups in total. The Morgan fingerprint density at radius 3 is 2.73 bits per heavy atom. The first-order valence-electron chi connectivity index (χ1n) is 9.51. The maximum absolute atomic E-state index is 12.5. The molecule has 0 saturated carbocycles. The summed E-state index contributed by atoms with van der Waals surface area (Å²) in [7, 11) is 0. The molecule has 1 aromatic rings. The molecular weight excluding hydrogens is 330 g/mol. The first-order chi connectivity index (χ1) is 12.5. The standard InChI is InChI=1S/C20H31N3O3/c1-5-22(15(3)4)12-11-21-20(25)16-13-19(24)23(14-16)17-9-7-8-10-18(17)26-6-2/h7-10,15-16H,5-6,11-14H2,1-4H3,(H,21,25). The highest BCUT2D eigenvalue weighted by atomic mass is 16.5. The Bertz CT molecular complexity index is 618. The van der Waals surface area contributed by atoms with Crippen LogP contribution in [-0.2, 0) is 9.59 Å². The summed E-state index contributed by atoms with van der Waals surface area (Å²) in [6.07, 6.45) is 0.244. The Morgan fingerprint density at radius 2 is 2.08 bits per heavy atom. The van der Waals surface area contributed by atoms with Crippen molar-refractivity contribution in [2.45, 2.75) is 40.2 Å². The summed E-state index contributed by atoms with van der Waals surface area (Å²) in [6, 6.07) is 7.93. The first kappa shape index (κ1) is 20.2. The summed E-state index contributed by atoms with van der Waals surface area (Å²) < 4.78 is 5.62. The van der Waals surface area contributed by atoms with Crippen LogP contribution in [0.3, 0.4) is 0 Å². The van der Waals surface area contributed by atoms with Crippen molar-refractivity contribution < 1.29 is 14.3 Å². The molecule has 0 spiro atoms. The number of hydrogen-bond acceptors (Lipinski definition) is 4. The molecule has 6 heteroatoms. The van der Waals surface area contributed by atoms with E-state index in [9.17, 15) is 9.59 Å². The van der Waals surface area contributed by atoms with E-state index in [2.05, 4.69) is 31.0 Å². The second-order valence-corrected chi connectivity index (χ2v) is 6.82. The summed E-state index contributed by atoms with van der Waals surface area (Å²) in [5.41, 5.74) is 0.742. The third-order valence-electron chi connectivity index (χ3n) is 4.79. The van der Waals surface area contributed by atoms with Crippen molar-refractivity contribution in [3.05, 3.63) is 24.3 Å². The van der Waals surface area contributed by atoms with E-state index in [0.717, 1.165) is 18.8 Å². The van der Waals surface area contributed by atoms with Crippen molar-refractivity contribution in [1.29, 1.82) is 0 Å². The van der Waals surface area contributed by atoms with Crippen LogP contribution in [-0.4, -0.2) is 55.5 Å². The molecule has 144 valence electrons. The molecule has 1 fully saturated rings. The quantitative estimate of drug-likeness (QED) is 0.733. The van der Waals surface area contributed by atoms with Crippen LogP contribution in [0, 0.1) is 5.92 Å². The van der Waals surface area contributed by atoms with Crippen molar-refractivity contribution in [2.75, 3.05) is 37.7 Å². The number of amides is 2. The van der Waals surface area contributed by atoms with Gasteiger partial charge in [-0.3, -0.25) is 14.5 Å². The van der Waals surface area contributed by atoms with Crippen LogP contribution < -0.4 is 15.0 Å². The SMILES string of the molecule is CCOc1ccccc1N1CC(C(=O)NCCN(CC)C(C)C)CC1=O. The summed E-state index contributed by atoms with van der Waals surface area (Å²) in [4.78, 5) is 28.9. The zero-order valence-corrected chi connectivity index (χ0v) is 16.3. The number of carbonyl (C=O) groups is 2. The van der Waals surface area contributed by atoms with Crippen LogP contribution in [0.25, 0.3) is 0 Å². The van der Waals surface area contributed by atoms with E-state index >= 15 is 0 Å². The van der Waals surface area contributed by atoms with Gasteiger partial charge in [0.25, 0.3) is 0 Å². The molecule has 0 aromatic heterocycles. The lowest BCUT2D eigenvalue weighted by molar-refractivity contribution is -0.126. The number of carbonyl (C=O) groups excluding carboxylic acids is 2. The lowest BCUT2D eigenvalue weighted by Gasteiger charge is -2.25. The minimum absolute atomic E-state index is 0.0327. The monoisotopic (exact) mass is 361 g/mol. The van der Waals surface area contributed by atoms with E-state index in [-0.39, 0.29) is 24.2 Å². The summed E-state index contributed by atoms with van der Waals surface area (Å²) in [5, 5.41) is 2.99. The largest absolute Gasteiger partial charge is 0.492 e. The van der Waals surface area contributed by atoms with Gasteiger partial charge in [-0.2, -0.15) is 0 Å². The third kappa shape index (κ3) is 4.97. The Hall–Kier alpha value is -2.08. The fourth-order valence-corrected chi connectivity index (χ4v) is 3.32. The Labute approximate surface area is 156 Å². The maximum Gasteiger partial charge on any atom is 0.227 e. The lowest BCUT2D eigenvalue weighted by atomic mass is 10.1. The number of hydrogen-bond donors (Lipinski definition) is 1. The van der Waals surface area contributed by atoms with Crippen LogP contribution in [0.1, 0.15) is 34.1 Å². The number of anilines is 1. The molecular formula is C20H31N3O3. The predicted octanol–water partition coefficient (Wildman–Crippen LogP) is 2.28. The number of nitrogens with one attached hydrogen (secondary N) is 1. The highest BCUT2D eigenvalue weighted by Gasteiger charge is 2.36. The number of benzene rings is 1. The van der Waals surface area contributed by atoms with Gasteiger partial charge in [-0.25, -0.2) is 0 Å². The van der Waals surface area contributed by atoms with Gasteiger partial charge in [-0.1, -0.05) is 19.1 Å². The van der Waals surface area contributed by atoms with E-state index in [1.54, 1.807) is 4.90 Å². The molecule has 1 heterocycles. The van der Waals surface area contributed by atoms with E-state index in [1.807, 2.05) is 31.2 Å². The molecule has 1 aliphatic rings. The predicted molar refractivity (Wildman–Crippen MR) is 103 cm³/mol. The van der Waals surface area contributed by atoms with Crippen LogP contribution >= 0.6 is 0 Å². The molecule has 1 unspecified atom stereocenters. The van der Waals surface area contributed by atoms with Gasteiger partial charge in [0.1, 0.15) is 5.75 Å². The van der Waals surface area contributed by atoms with Gasteiger partial charge in [0.2, 0.25) is 11.8 Å². The zero-order valence-electron chi connectivity index (χ0n) is 16.3. The van der Waals surface area contributed by atoms with Crippen molar-refractivity contribution in [3.8, 4) is 5.75 Å². The molecule has 6 nitrogen and oxygen atoms in total. The van der Waals surface area contributed by atoms with Gasteiger partial charge >= 0.3 is 0 Å².